The number of amides is 1. The van der Waals surface area contributed by atoms with Crippen LogP contribution in [0.25, 0.3) is 0 Å². The smallest absolute Gasteiger partial charge is 0.325 e. The molecule has 1 aliphatic heterocycles. The van der Waals surface area contributed by atoms with Crippen molar-refractivity contribution in [2.45, 2.75) is 44.3 Å². The molecular formula is C24H31N3O5. The molecule has 3 rings (SSSR count). The van der Waals surface area contributed by atoms with Gasteiger partial charge in [-0.2, -0.15) is 0 Å². The van der Waals surface area contributed by atoms with E-state index < -0.39 is 18.1 Å². The number of carbonyl (C=O) groups is 2. The molecule has 0 aliphatic carbocycles. The van der Waals surface area contributed by atoms with Gasteiger partial charge in [0.2, 0.25) is 0 Å². The topological polar surface area (TPSA) is 97.9 Å². The largest absolute Gasteiger partial charge is 0.497 e. The van der Waals surface area contributed by atoms with Crippen LogP contribution in [-0.4, -0.2) is 44.8 Å². The summed E-state index contributed by atoms with van der Waals surface area (Å²) in [5.74, 6) is 0.630. The van der Waals surface area contributed by atoms with E-state index in [0.29, 0.717) is 6.42 Å². The Hall–Kier alpha value is -3.10. The van der Waals surface area contributed by atoms with Crippen molar-refractivity contribution < 1.29 is 23.8 Å². The first kappa shape index (κ1) is 23.6. The molecule has 0 spiro atoms. The molecule has 2 atom stereocenters. The maximum atomic E-state index is 12.7. The number of hydrogen-bond donors (Lipinski definition) is 3. The Bertz CT molecular complexity index is 838. The Kier molecular flexibility index (Phi) is 8.47. The molecule has 2 aromatic rings. The average molecular weight is 442 g/mol. The van der Waals surface area contributed by atoms with Gasteiger partial charge in [-0.1, -0.05) is 37.6 Å². The fraction of sp³-hybridized carbons (Fsp3) is 0.417. The van der Waals surface area contributed by atoms with Crippen LogP contribution in [0, 0.1) is 0 Å². The van der Waals surface area contributed by atoms with Crippen molar-refractivity contribution >= 4 is 11.9 Å². The van der Waals surface area contributed by atoms with E-state index in [1.807, 2.05) is 48.5 Å². The third kappa shape index (κ3) is 6.21. The first-order valence-corrected chi connectivity index (χ1v) is 10.8. The van der Waals surface area contributed by atoms with Gasteiger partial charge in [-0.25, -0.2) is 5.43 Å². The van der Waals surface area contributed by atoms with Crippen molar-refractivity contribution in [3.05, 3.63) is 59.7 Å². The highest BCUT2D eigenvalue weighted by atomic mass is 16.5. The van der Waals surface area contributed by atoms with Gasteiger partial charge in [0.05, 0.1) is 20.3 Å². The zero-order valence-corrected chi connectivity index (χ0v) is 18.7. The highest BCUT2D eigenvalue weighted by Crippen LogP contribution is 2.26. The SMILES string of the molecule is CCCC1CC(C(=O)OCC(=O)NC(c2ccc(OC)cc2)c2ccc(OC)cc2)NN1. The predicted octanol–water partition coefficient (Wildman–Crippen LogP) is 2.49. The number of hydrogen-bond acceptors (Lipinski definition) is 7. The summed E-state index contributed by atoms with van der Waals surface area (Å²) < 4.78 is 15.7. The van der Waals surface area contributed by atoms with E-state index in [0.717, 1.165) is 35.5 Å². The number of methoxy groups -OCH3 is 2. The number of hydrazine groups is 1. The summed E-state index contributed by atoms with van der Waals surface area (Å²) in [7, 11) is 3.20. The molecule has 2 aromatic carbocycles. The maximum absolute atomic E-state index is 12.7. The minimum Gasteiger partial charge on any atom is -0.497 e. The number of rotatable bonds is 10. The van der Waals surface area contributed by atoms with Gasteiger partial charge in [-0.05, 0) is 48.2 Å². The average Bonchev–Trinajstić information content (AvgIpc) is 3.30. The minimum absolute atomic E-state index is 0.237. The Balaban J connectivity index is 1.64. The molecule has 32 heavy (non-hydrogen) atoms. The fourth-order valence-electron chi connectivity index (χ4n) is 3.71. The van der Waals surface area contributed by atoms with Crippen LogP contribution in [0.4, 0.5) is 0 Å². The standard InChI is InChI=1S/C24H31N3O5/c1-4-5-18-14-21(27-26-18)24(29)32-15-22(28)25-23(16-6-10-19(30-2)11-7-16)17-8-12-20(31-3)13-9-17/h6-13,18,21,23,26-27H,4-5,14-15H2,1-3H3,(H,25,28). The molecule has 1 heterocycles. The van der Waals surface area contributed by atoms with Crippen LogP contribution < -0.4 is 25.6 Å². The third-order valence-corrected chi connectivity index (χ3v) is 5.45. The van der Waals surface area contributed by atoms with Gasteiger partial charge in [-0.3, -0.25) is 15.0 Å². The summed E-state index contributed by atoms with van der Waals surface area (Å²) in [4.78, 5) is 25.0. The normalized spacial score (nSPS) is 17.8. The van der Waals surface area contributed by atoms with E-state index in [2.05, 4.69) is 23.1 Å². The van der Waals surface area contributed by atoms with E-state index in [-0.39, 0.29) is 18.6 Å². The zero-order valence-electron chi connectivity index (χ0n) is 18.7. The van der Waals surface area contributed by atoms with Crippen molar-refractivity contribution in [2.75, 3.05) is 20.8 Å². The van der Waals surface area contributed by atoms with Crippen LogP contribution in [0.5, 0.6) is 11.5 Å². The molecule has 2 unspecified atom stereocenters. The van der Waals surface area contributed by atoms with Crippen LogP contribution in [0.1, 0.15) is 43.4 Å². The molecule has 0 bridgehead atoms. The van der Waals surface area contributed by atoms with Gasteiger partial charge in [-0.15, -0.1) is 0 Å². The molecule has 172 valence electrons. The highest BCUT2D eigenvalue weighted by molar-refractivity contribution is 5.83. The minimum atomic E-state index is -0.446. The Morgan fingerprint density at radius 2 is 1.53 bits per heavy atom. The summed E-state index contributed by atoms with van der Waals surface area (Å²) in [6.07, 6.45) is 2.65. The van der Waals surface area contributed by atoms with Gasteiger partial charge in [0.1, 0.15) is 17.5 Å². The second-order valence-corrected chi connectivity index (χ2v) is 7.72. The number of benzene rings is 2. The fourth-order valence-corrected chi connectivity index (χ4v) is 3.71. The highest BCUT2D eigenvalue weighted by Gasteiger charge is 2.30. The Labute approximate surface area is 188 Å². The molecule has 0 radical (unpaired) electrons. The summed E-state index contributed by atoms with van der Waals surface area (Å²) >= 11 is 0. The van der Waals surface area contributed by atoms with Crippen LogP contribution >= 0.6 is 0 Å². The van der Waals surface area contributed by atoms with Gasteiger partial charge in [0.15, 0.2) is 6.61 Å². The first-order chi connectivity index (χ1) is 15.5. The predicted molar refractivity (Wildman–Crippen MR) is 120 cm³/mol. The molecule has 1 saturated heterocycles. The molecule has 0 aromatic heterocycles. The van der Waals surface area contributed by atoms with E-state index in [4.69, 9.17) is 14.2 Å². The van der Waals surface area contributed by atoms with E-state index >= 15 is 0 Å². The molecule has 0 saturated carbocycles. The monoisotopic (exact) mass is 441 g/mol. The Morgan fingerprint density at radius 3 is 2.03 bits per heavy atom. The number of nitrogens with one attached hydrogen (secondary N) is 3. The quantitative estimate of drug-likeness (QED) is 0.487. The van der Waals surface area contributed by atoms with Crippen LogP contribution in [0.15, 0.2) is 48.5 Å². The van der Waals surface area contributed by atoms with Crippen LogP contribution in [0.2, 0.25) is 0 Å². The van der Waals surface area contributed by atoms with Crippen molar-refractivity contribution in [1.82, 2.24) is 16.2 Å². The van der Waals surface area contributed by atoms with Crippen LogP contribution in [0.3, 0.4) is 0 Å². The van der Waals surface area contributed by atoms with Gasteiger partial charge in [0.25, 0.3) is 5.91 Å². The van der Waals surface area contributed by atoms with Crippen molar-refractivity contribution in [3.8, 4) is 11.5 Å². The van der Waals surface area contributed by atoms with Crippen LogP contribution in [-0.2, 0) is 14.3 Å². The second-order valence-electron chi connectivity index (χ2n) is 7.72. The molecule has 8 nitrogen and oxygen atoms in total. The number of ether oxygens (including phenoxy) is 3. The Morgan fingerprint density at radius 1 is 0.969 bits per heavy atom. The van der Waals surface area contributed by atoms with Crippen molar-refractivity contribution in [2.24, 2.45) is 0 Å². The first-order valence-electron chi connectivity index (χ1n) is 10.8. The third-order valence-electron chi connectivity index (χ3n) is 5.45. The van der Waals surface area contributed by atoms with E-state index in [9.17, 15) is 9.59 Å². The molecule has 1 aliphatic rings. The summed E-state index contributed by atoms with van der Waals surface area (Å²) in [6.45, 7) is 1.75. The lowest BCUT2D eigenvalue weighted by Gasteiger charge is -2.21. The lowest BCUT2D eigenvalue weighted by molar-refractivity contribution is -0.150. The second kappa shape index (κ2) is 11.5. The molecule has 1 fully saturated rings. The lowest BCUT2D eigenvalue weighted by Crippen LogP contribution is -2.40. The molecule has 3 N–H and O–H groups in total. The van der Waals surface area contributed by atoms with E-state index in [1.165, 1.54) is 0 Å². The maximum Gasteiger partial charge on any atom is 0.325 e. The number of esters is 1. The lowest BCUT2D eigenvalue weighted by atomic mass is 9.98. The van der Waals surface area contributed by atoms with Gasteiger partial charge < -0.3 is 19.5 Å². The van der Waals surface area contributed by atoms with E-state index in [1.54, 1.807) is 14.2 Å². The van der Waals surface area contributed by atoms with Gasteiger partial charge in [0, 0.05) is 6.04 Å². The summed E-state index contributed by atoms with van der Waals surface area (Å²) in [5.41, 5.74) is 7.80. The molecule has 8 heteroatoms. The number of carbonyl (C=O) groups excluding carboxylic acids is 2. The van der Waals surface area contributed by atoms with Crippen molar-refractivity contribution in [3.63, 3.8) is 0 Å². The zero-order chi connectivity index (χ0) is 22.9. The summed E-state index contributed by atoms with van der Waals surface area (Å²) in [6, 6.07) is 14.3. The van der Waals surface area contributed by atoms with Gasteiger partial charge >= 0.3 is 5.97 Å². The van der Waals surface area contributed by atoms with Crippen molar-refractivity contribution in [1.29, 1.82) is 0 Å². The summed E-state index contributed by atoms with van der Waals surface area (Å²) in [5, 5.41) is 2.97. The molecule has 1 amide bonds. The molecular weight excluding hydrogens is 410 g/mol.